The fourth-order valence-electron chi connectivity index (χ4n) is 0.0962. The highest BCUT2D eigenvalue weighted by atomic mass is 35.5. The summed E-state index contributed by atoms with van der Waals surface area (Å²) in [4.78, 5) is 9.04. The van der Waals surface area contributed by atoms with Gasteiger partial charge in [0.05, 0.1) is 5.88 Å². The van der Waals surface area contributed by atoms with Gasteiger partial charge in [-0.3, -0.25) is 0 Å². The van der Waals surface area contributed by atoms with Crippen molar-refractivity contribution < 1.29 is 14.3 Å². The second-order valence-corrected chi connectivity index (χ2v) is 1.67. The van der Waals surface area contributed by atoms with Crippen LogP contribution in [0.5, 0.6) is 0 Å². The number of hydrogen-bond donors (Lipinski definition) is 0. The molecule has 0 unspecified atom stereocenters. The Labute approximate surface area is 66.3 Å². The SMILES string of the molecule is COC(C)OC.O=CCCl. The number of hydrogen-bond acceptors (Lipinski definition) is 3. The summed E-state index contributed by atoms with van der Waals surface area (Å²) in [5.41, 5.74) is 0. The van der Waals surface area contributed by atoms with Crippen molar-refractivity contribution in [3.63, 3.8) is 0 Å². The standard InChI is InChI=1S/C4H10O2.C2H3ClO/c1-4(5-2)6-3;3-1-2-4/h4H,1-3H3;2H,1H2. The molecule has 0 aliphatic carbocycles. The van der Waals surface area contributed by atoms with Gasteiger partial charge in [-0.05, 0) is 6.92 Å². The summed E-state index contributed by atoms with van der Waals surface area (Å²) in [6.45, 7) is 1.83. The number of halogens is 1. The Balaban J connectivity index is 0. The lowest BCUT2D eigenvalue weighted by Crippen LogP contribution is -2.05. The van der Waals surface area contributed by atoms with E-state index in [-0.39, 0.29) is 12.2 Å². The van der Waals surface area contributed by atoms with Crippen molar-refractivity contribution in [2.24, 2.45) is 0 Å². The predicted molar refractivity (Wildman–Crippen MR) is 40.3 cm³/mol. The van der Waals surface area contributed by atoms with Crippen LogP contribution in [0.4, 0.5) is 0 Å². The number of carbonyl (C=O) groups is 1. The minimum Gasteiger partial charge on any atom is -0.356 e. The number of rotatable bonds is 3. The molecule has 0 aromatic rings. The molecule has 62 valence electrons. The molecule has 0 N–H and O–H groups in total. The Kier molecular flexibility index (Phi) is 14.6. The second-order valence-electron chi connectivity index (χ2n) is 1.36. The van der Waals surface area contributed by atoms with Crippen molar-refractivity contribution >= 4 is 17.9 Å². The first kappa shape index (κ1) is 12.5. The smallest absolute Gasteiger partial charge is 0.154 e. The molecule has 0 rings (SSSR count). The van der Waals surface area contributed by atoms with Gasteiger partial charge in [0.15, 0.2) is 6.29 Å². The third kappa shape index (κ3) is 15.7. The molecule has 0 fully saturated rings. The number of methoxy groups -OCH3 is 2. The first-order valence-electron chi connectivity index (χ1n) is 2.78. The van der Waals surface area contributed by atoms with Gasteiger partial charge < -0.3 is 14.3 Å². The second kappa shape index (κ2) is 11.6. The molecule has 3 nitrogen and oxygen atoms in total. The van der Waals surface area contributed by atoms with Gasteiger partial charge in [0.25, 0.3) is 0 Å². The molecule has 0 amide bonds. The maximum absolute atomic E-state index is 9.04. The Morgan fingerprint density at radius 3 is 1.80 bits per heavy atom. The predicted octanol–water partition coefficient (Wildman–Crippen LogP) is 1.05. The lowest BCUT2D eigenvalue weighted by Gasteiger charge is -2.03. The van der Waals surface area contributed by atoms with Gasteiger partial charge in [-0.15, -0.1) is 11.6 Å². The number of carbonyl (C=O) groups excluding carboxylic acids is 1. The third-order valence-electron chi connectivity index (χ3n) is 0.727. The average Bonchev–Trinajstić information content (AvgIpc) is 2.03. The highest BCUT2D eigenvalue weighted by Gasteiger charge is 1.87. The highest BCUT2D eigenvalue weighted by molar-refractivity contribution is 6.24. The third-order valence-corrected chi connectivity index (χ3v) is 0.853. The van der Waals surface area contributed by atoms with Gasteiger partial charge in [0.1, 0.15) is 6.29 Å². The van der Waals surface area contributed by atoms with E-state index < -0.39 is 0 Å². The fourth-order valence-corrected chi connectivity index (χ4v) is 0.0962. The van der Waals surface area contributed by atoms with Gasteiger partial charge in [-0.1, -0.05) is 0 Å². The summed E-state index contributed by atoms with van der Waals surface area (Å²) >= 11 is 4.82. The van der Waals surface area contributed by atoms with Gasteiger partial charge in [0, 0.05) is 14.2 Å². The van der Waals surface area contributed by atoms with Crippen LogP contribution in [-0.4, -0.2) is 32.7 Å². The zero-order valence-electron chi connectivity index (χ0n) is 6.46. The fraction of sp³-hybridized carbons (Fsp3) is 0.833. The van der Waals surface area contributed by atoms with Crippen LogP contribution in [0.1, 0.15) is 6.92 Å². The molecular formula is C6H13ClO3. The molecule has 0 atom stereocenters. The van der Waals surface area contributed by atoms with E-state index in [2.05, 4.69) is 9.47 Å². The van der Waals surface area contributed by atoms with E-state index in [9.17, 15) is 0 Å². The molecule has 0 aliphatic rings. The highest BCUT2D eigenvalue weighted by Crippen LogP contribution is 1.82. The summed E-state index contributed by atoms with van der Waals surface area (Å²) < 4.78 is 9.35. The van der Waals surface area contributed by atoms with Crippen molar-refractivity contribution in [2.75, 3.05) is 20.1 Å². The Morgan fingerprint density at radius 1 is 1.50 bits per heavy atom. The van der Waals surface area contributed by atoms with E-state index in [1.807, 2.05) is 6.92 Å². The first-order chi connectivity index (χ1) is 4.72. The van der Waals surface area contributed by atoms with Crippen molar-refractivity contribution in [3.05, 3.63) is 0 Å². The van der Waals surface area contributed by atoms with Crippen molar-refractivity contribution in [3.8, 4) is 0 Å². The lowest BCUT2D eigenvalue weighted by atomic mass is 10.8. The molecule has 0 aromatic carbocycles. The van der Waals surface area contributed by atoms with Crippen molar-refractivity contribution in [1.29, 1.82) is 0 Å². The van der Waals surface area contributed by atoms with E-state index in [1.54, 1.807) is 14.2 Å². The van der Waals surface area contributed by atoms with Crippen LogP contribution in [0.15, 0.2) is 0 Å². The average molecular weight is 169 g/mol. The van der Waals surface area contributed by atoms with E-state index in [0.717, 1.165) is 0 Å². The molecular weight excluding hydrogens is 156 g/mol. The van der Waals surface area contributed by atoms with Crippen LogP contribution in [0.3, 0.4) is 0 Å². The summed E-state index contributed by atoms with van der Waals surface area (Å²) in [7, 11) is 3.21. The molecule has 0 aliphatic heterocycles. The van der Waals surface area contributed by atoms with E-state index in [4.69, 9.17) is 16.4 Å². The van der Waals surface area contributed by atoms with Gasteiger partial charge >= 0.3 is 0 Å². The summed E-state index contributed by atoms with van der Waals surface area (Å²) in [5, 5.41) is 0. The zero-order valence-corrected chi connectivity index (χ0v) is 7.22. The van der Waals surface area contributed by atoms with Crippen molar-refractivity contribution in [2.45, 2.75) is 13.2 Å². The molecule has 0 saturated heterocycles. The number of aldehydes is 1. The maximum Gasteiger partial charge on any atom is 0.154 e. The monoisotopic (exact) mass is 168 g/mol. The quantitative estimate of drug-likeness (QED) is 0.359. The zero-order chi connectivity index (χ0) is 8.41. The normalized spacial score (nSPS) is 8.50. The number of ether oxygens (including phenoxy) is 2. The molecule has 0 bridgehead atoms. The van der Waals surface area contributed by atoms with E-state index in [1.165, 1.54) is 0 Å². The van der Waals surface area contributed by atoms with E-state index >= 15 is 0 Å². The molecule has 0 spiro atoms. The van der Waals surface area contributed by atoms with Crippen LogP contribution >= 0.6 is 11.6 Å². The van der Waals surface area contributed by atoms with Crippen molar-refractivity contribution in [1.82, 2.24) is 0 Å². The Hall–Kier alpha value is -0.120. The van der Waals surface area contributed by atoms with Crippen LogP contribution in [0.25, 0.3) is 0 Å². The van der Waals surface area contributed by atoms with Gasteiger partial charge in [-0.25, -0.2) is 0 Å². The minimum absolute atomic E-state index is 0.0648. The molecule has 0 aromatic heterocycles. The molecule has 0 heterocycles. The van der Waals surface area contributed by atoms with Gasteiger partial charge in [0.2, 0.25) is 0 Å². The lowest BCUT2D eigenvalue weighted by molar-refractivity contribution is -0.105. The maximum atomic E-state index is 9.04. The molecule has 4 heteroatoms. The van der Waals surface area contributed by atoms with E-state index in [0.29, 0.717) is 6.29 Å². The van der Waals surface area contributed by atoms with Crippen LogP contribution in [0, 0.1) is 0 Å². The molecule has 0 saturated carbocycles. The van der Waals surface area contributed by atoms with Crippen LogP contribution < -0.4 is 0 Å². The molecule has 10 heavy (non-hydrogen) atoms. The summed E-state index contributed by atoms with van der Waals surface area (Å²) in [5.74, 6) is 0.111. The Morgan fingerprint density at radius 2 is 1.80 bits per heavy atom. The topological polar surface area (TPSA) is 35.5 Å². The first-order valence-corrected chi connectivity index (χ1v) is 3.31. The minimum atomic E-state index is -0.0648. The van der Waals surface area contributed by atoms with Gasteiger partial charge in [-0.2, -0.15) is 0 Å². The molecule has 0 radical (unpaired) electrons. The van der Waals surface area contributed by atoms with Crippen LogP contribution in [-0.2, 0) is 14.3 Å². The number of alkyl halides is 1. The Bertz CT molecular complexity index is 64.0. The van der Waals surface area contributed by atoms with Crippen LogP contribution in [0.2, 0.25) is 0 Å². The summed E-state index contributed by atoms with van der Waals surface area (Å²) in [6.07, 6.45) is 0.576. The summed E-state index contributed by atoms with van der Waals surface area (Å²) in [6, 6.07) is 0. The largest absolute Gasteiger partial charge is 0.356 e.